The van der Waals surface area contributed by atoms with Gasteiger partial charge in [-0.3, -0.25) is 24.1 Å². The molecule has 0 saturated carbocycles. The van der Waals surface area contributed by atoms with Crippen molar-refractivity contribution in [3.8, 4) is 0 Å². The Hall–Kier alpha value is -4.35. The van der Waals surface area contributed by atoms with E-state index < -0.39 is 29.0 Å². The SMILES string of the molecule is C[C@@H]1C[C@@H](O)CN1C(=O)[C@@H](NC(=O)COCC(=O)N1CCN(CC[C@H](NC(=O)C2(N)CCN(c3ncnc4[nH]ccc34)CC2)c2ccc(Cl)cc2)CC1)C(C)(C)C. The second-order valence-corrected chi connectivity index (χ2v) is 17.2. The van der Waals surface area contributed by atoms with Crippen molar-refractivity contribution in [2.24, 2.45) is 11.1 Å². The largest absolute Gasteiger partial charge is 0.391 e. The number of aliphatic hydroxyl groups excluding tert-OH is 1. The molecule has 3 saturated heterocycles. The normalized spacial score (nSPS) is 21.4. The zero-order valence-electron chi connectivity index (χ0n) is 33.4. The molecule has 0 radical (unpaired) electrons. The number of hydrogen-bond donors (Lipinski definition) is 5. The van der Waals surface area contributed by atoms with Gasteiger partial charge in [-0.2, -0.15) is 0 Å². The lowest BCUT2D eigenvalue weighted by atomic mass is 9.85. The lowest BCUT2D eigenvalue weighted by molar-refractivity contribution is -0.144. The number of hydrogen-bond acceptors (Lipinski definition) is 11. The lowest BCUT2D eigenvalue weighted by Crippen LogP contribution is -2.60. The third-order valence-corrected chi connectivity index (χ3v) is 11.7. The lowest BCUT2D eigenvalue weighted by Gasteiger charge is -2.39. The first-order chi connectivity index (χ1) is 27.1. The number of β-amino-alcohol motifs (C(OH)–C–C–N with tert-alkyl or cyclic N) is 1. The van der Waals surface area contributed by atoms with Gasteiger partial charge in [0, 0.05) is 69.6 Å². The van der Waals surface area contributed by atoms with Crippen molar-refractivity contribution in [3.05, 3.63) is 53.4 Å². The summed E-state index contributed by atoms with van der Waals surface area (Å²) in [6, 6.07) is 8.20. The van der Waals surface area contributed by atoms with Gasteiger partial charge in [-0.1, -0.05) is 44.5 Å². The number of piperidine rings is 1. The molecule has 0 unspecified atom stereocenters. The number of H-pyrrole nitrogens is 1. The monoisotopic (exact) mass is 808 g/mol. The highest BCUT2D eigenvalue weighted by Gasteiger charge is 2.41. The van der Waals surface area contributed by atoms with Crippen molar-refractivity contribution in [1.29, 1.82) is 0 Å². The second-order valence-electron chi connectivity index (χ2n) is 16.8. The number of piperazine rings is 1. The van der Waals surface area contributed by atoms with E-state index in [2.05, 4.69) is 35.4 Å². The fraction of sp³-hybridized carbons (Fsp3) is 0.600. The summed E-state index contributed by atoms with van der Waals surface area (Å²) in [4.78, 5) is 72.7. The predicted octanol–water partition coefficient (Wildman–Crippen LogP) is 1.83. The maximum Gasteiger partial charge on any atom is 0.248 e. The molecule has 4 amide bonds. The number of nitrogens with one attached hydrogen (secondary N) is 3. The molecule has 0 bridgehead atoms. The molecular weight excluding hydrogens is 752 g/mol. The molecule has 3 aliphatic heterocycles. The van der Waals surface area contributed by atoms with Gasteiger partial charge < -0.3 is 45.9 Å². The zero-order chi connectivity index (χ0) is 40.9. The zero-order valence-corrected chi connectivity index (χ0v) is 34.1. The molecule has 2 aromatic heterocycles. The van der Waals surface area contributed by atoms with Crippen LogP contribution < -0.4 is 21.3 Å². The molecule has 6 rings (SSSR count). The Morgan fingerprint density at radius 2 is 1.72 bits per heavy atom. The van der Waals surface area contributed by atoms with E-state index in [1.54, 1.807) is 9.80 Å². The summed E-state index contributed by atoms with van der Waals surface area (Å²) in [5, 5.41) is 17.6. The van der Waals surface area contributed by atoms with Crippen LogP contribution in [-0.4, -0.2) is 148 Å². The molecule has 310 valence electrons. The van der Waals surface area contributed by atoms with E-state index in [0.717, 1.165) is 22.4 Å². The first kappa shape index (κ1) is 42.3. The first-order valence-electron chi connectivity index (χ1n) is 19.9. The number of amides is 4. The Morgan fingerprint density at radius 1 is 1.02 bits per heavy atom. The molecule has 5 heterocycles. The molecule has 57 heavy (non-hydrogen) atoms. The van der Waals surface area contributed by atoms with Crippen LogP contribution >= 0.6 is 11.6 Å². The third-order valence-electron chi connectivity index (χ3n) is 11.5. The summed E-state index contributed by atoms with van der Waals surface area (Å²) in [5.41, 5.74) is 6.89. The van der Waals surface area contributed by atoms with E-state index >= 15 is 0 Å². The molecular formula is C40H57ClN10O6. The Balaban J connectivity index is 0.954. The van der Waals surface area contributed by atoms with Crippen LogP contribution in [0.1, 0.15) is 65.0 Å². The number of rotatable bonds is 13. The Labute approximate surface area is 338 Å². The number of aromatic amines is 1. The summed E-state index contributed by atoms with van der Waals surface area (Å²) >= 11 is 6.21. The number of halogens is 1. The minimum atomic E-state index is -1.04. The molecule has 6 N–H and O–H groups in total. The Morgan fingerprint density at radius 3 is 2.37 bits per heavy atom. The average molecular weight is 809 g/mol. The summed E-state index contributed by atoms with van der Waals surface area (Å²) in [6.07, 6.45) is 4.85. The van der Waals surface area contributed by atoms with E-state index in [1.807, 2.05) is 64.2 Å². The predicted molar refractivity (Wildman–Crippen MR) is 216 cm³/mol. The van der Waals surface area contributed by atoms with Gasteiger partial charge >= 0.3 is 0 Å². The van der Waals surface area contributed by atoms with Gasteiger partial charge in [0.1, 0.15) is 37.0 Å². The van der Waals surface area contributed by atoms with Crippen LogP contribution in [0, 0.1) is 5.41 Å². The number of fused-ring (bicyclic) bond motifs is 1. The maximum atomic E-state index is 13.9. The molecule has 0 spiro atoms. The number of benzene rings is 1. The number of likely N-dealkylation sites (tertiary alicyclic amines) is 1. The quantitative estimate of drug-likeness (QED) is 0.169. The van der Waals surface area contributed by atoms with Gasteiger partial charge in [0.05, 0.1) is 23.1 Å². The van der Waals surface area contributed by atoms with Crippen LogP contribution in [0.3, 0.4) is 0 Å². The van der Waals surface area contributed by atoms with Gasteiger partial charge in [0.2, 0.25) is 23.6 Å². The van der Waals surface area contributed by atoms with Gasteiger partial charge in [-0.15, -0.1) is 0 Å². The van der Waals surface area contributed by atoms with E-state index in [0.29, 0.717) is 76.5 Å². The van der Waals surface area contributed by atoms with Crippen LogP contribution in [0.5, 0.6) is 0 Å². The standard InChI is InChI=1S/C40H57ClN10O6/c1-26-21-29(52)22-51(26)37(55)34(39(2,3)4)47-32(53)23-57-24-33(54)49-19-17-48(18-20-49)14-10-31(27-5-7-28(41)8-6-27)46-38(56)40(42)11-15-50(16-12-40)36-30-9-13-43-35(30)44-25-45-36/h5-9,13,25-26,29,31,34,52H,10-12,14-24,42H2,1-4H3,(H,46,56)(H,47,53)(H,43,44,45)/t26-,29-,31+,34-/m1/s1. The van der Waals surface area contributed by atoms with E-state index in [-0.39, 0.29) is 49.6 Å². The highest BCUT2D eigenvalue weighted by molar-refractivity contribution is 6.30. The van der Waals surface area contributed by atoms with Crippen molar-refractivity contribution < 1.29 is 29.0 Å². The van der Waals surface area contributed by atoms with Gasteiger partial charge in [-0.05, 0) is 61.8 Å². The fourth-order valence-electron chi connectivity index (χ4n) is 7.96. The summed E-state index contributed by atoms with van der Waals surface area (Å²) in [7, 11) is 0. The van der Waals surface area contributed by atoms with Crippen molar-refractivity contribution in [3.63, 3.8) is 0 Å². The molecule has 0 aliphatic carbocycles. The number of nitrogens with two attached hydrogens (primary N) is 1. The smallest absolute Gasteiger partial charge is 0.248 e. The maximum absolute atomic E-state index is 13.9. The fourth-order valence-corrected chi connectivity index (χ4v) is 8.08. The summed E-state index contributed by atoms with van der Waals surface area (Å²) < 4.78 is 5.52. The number of anilines is 1. The highest BCUT2D eigenvalue weighted by Crippen LogP contribution is 2.30. The summed E-state index contributed by atoms with van der Waals surface area (Å²) in [5.74, 6) is -0.305. The first-order valence-corrected chi connectivity index (χ1v) is 20.2. The second kappa shape index (κ2) is 18.1. The van der Waals surface area contributed by atoms with Crippen LogP contribution in [-0.2, 0) is 23.9 Å². The van der Waals surface area contributed by atoms with Gasteiger partial charge in [0.25, 0.3) is 0 Å². The van der Waals surface area contributed by atoms with Crippen LogP contribution in [0.4, 0.5) is 5.82 Å². The van der Waals surface area contributed by atoms with E-state index in [1.165, 1.54) is 6.33 Å². The number of aliphatic hydroxyl groups is 1. The van der Waals surface area contributed by atoms with Gasteiger partial charge in [-0.25, -0.2) is 9.97 Å². The van der Waals surface area contributed by atoms with Crippen molar-refractivity contribution in [2.45, 2.75) is 83.1 Å². The number of carbonyl (C=O) groups excluding carboxylic acids is 4. The molecule has 1 aromatic carbocycles. The van der Waals surface area contributed by atoms with Crippen molar-refractivity contribution in [2.75, 3.05) is 70.5 Å². The molecule has 3 fully saturated rings. The van der Waals surface area contributed by atoms with E-state index in [9.17, 15) is 24.3 Å². The van der Waals surface area contributed by atoms with E-state index in [4.69, 9.17) is 22.1 Å². The van der Waals surface area contributed by atoms with Crippen molar-refractivity contribution >= 4 is 52.1 Å². The molecule has 4 atom stereocenters. The minimum absolute atomic E-state index is 0.124. The number of aromatic nitrogens is 3. The summed E-state index contributed by atoms with van der Waals surface area (Å²) in [6.45, 7) is 11.2. The van der Waals surface area contributed by atoms with Crippen LogP contribution in [0.2, 0.25) is 5.02 Å². The number of nitrogens with zero attached hydrogens (tertiary/aromatic N) is 6. The van der Waals surface area contributed by atoms with Crippen molar-refractivity contribution in [1.82, 2.24) is 40.3 Å². The number of ether oxygens (including phenoxy) is 1. The van der Waals surface area contributed by atoms with Crippen LogP contribution in [0.25, 0.3) is 11.0 Å². The van der Waals surface area contributed by atoms with Crippen LogP contribution in [0.15, 0.2) is 42.9 Å². The third kappa shape index (κ3) is 10.4. The Kier molecular flexibility index (Phi) is 13.4. The average Bonchev–Trinajstić information content (AvgIpc) is 3.81. The highest BCUT2D eigenvalue weighted by atomic mass is 35.5. The molecule has 3 aliphatic rings. The molecule has 3 aromatic rings. The van der Waals surface area contributed by atoms with Gasteiger partial charge in [0.15, 0.2) is 0 Å². The molecule has 17 heteroatoms. The molecule has 16 nitrogen and oxygen atoms in total. The number of carbonyl (C=O) groups is 4. The topological polar surface area (TPSA) is 202 Å². The minimum Gasteiger partial charge on any atom is -0.391 e. The Bertz CT molecular complexity index is 1870.